The van der Waals surface area contributed by atoms with Crippen molar-refractivity contribution in [2.45, 2.75) is 33.6 Å². The molecule has 3 atom stereocenters. The van der Waals surface area contributed by atoms with E-state index in [4.69, 9.17) is 4.74 Å². The molecule has 1 saturated carbocycles. The van der Waals surface area contributed by atoms with Gasteiger partial charge in [0.1, 0.15) is 5.78 Å². The fourth-order valence-corrected chi connectivity index (χ4v) is 3.49. The molecule has 0 aliphatic heterocycles. The van der Waals surface area contributed by atoms with Crippen molar-refractivity contribution in [1.29, 1.82) is 0 Å². The molecule has 1 amide bonds. The fourth-order valence-electron chi connectivity index (χ4n) is 3.49. The lowest BCUT2D eigenvalue weighted by molar-refractivity contribution is -0.490. The first-order valence-electron chi connectivity index (χ1n) is 9.82. The van der Waals surface area contributed by atoms with Gasteiger partial charge in [-0.25, -0.2) is 0 Å². The predicted octanol–water partition coefficient (Wildman–Crippen LogP) is 2.52. The maximum absolute atomic E-state index is 12.2. The van der Waals surface area contributed by atoms with E-state index in [1.165, 1.54) is 12.1 Å². The highest BCUT2D eigenvalue weighted by atomic mass is 16.6. The summed E-state index contributed by atoms with van der Waals surface area (Å²) in [6.45, 7) is 4.42. The van der Waals surface area contributed by atoms with Crippen molar-refractivity contribution >= 4 is 29.1 Å². The summed E-state index contributed by atoms with van der Waals surface area (Å²) in [5.41, 5.74) is 0.857. The quantitative estimate of drug-likeness (QED) is 0.282. The molecule has 0 radical (unpaired) electrons. The first-order chi connectivity index (χ1) is 14.1. The smallest absolute Gasteiger partial charge is 0.306 e. The highest BCUT2D eigenvalue weighted by molar-refractivity contribution is 5.99. The van der Waals surface area contributed by atoms with Gasteiger partial charge >= 0.3 is 5.97 Å². The monoisotopic (exact) mass is 418 g/mol. The van der Waals surface area contributed by atoms with Crippen LogP contribution in [0.4, 0.5) is 5.69 Å². The third kappa shape index (κ3) is 6.20. The van der Waals surface area contributed by atoms with Crippen LogP contribution < -0.4 is 5.32 Å². The van der Waals surface area contributed by atoms with E-state index < -0.39 is 35.1 Å². The highest BCUT2D eigenvalue weighted by Gasteiger charge is 2.44. The Balaban J connectivity index is 1.88. The number of carbonyl (C=O) groups is 4. The molecule has 0 spiro atoms. The van der Waals surface area contributed by atoms with Crippen molar-refractivity contribution in [3.05, 3.63) is 39.9 Å². The summed E-state index contributed by atoms with van der Waals surface area (Å²) in [4.78, 5) is 58.5. The molecule has 30 heavy (non-hydrogen) atoms. The number of carbonyl (C=O) groups excluding carboxylic acids is 4. The Morgan fingerprint density at radius 2 is 1.87 bits per heavy atom. The Labute approximate surface area is 174 Å². The predicted molar refractivity (Wildman–Crippen MR) is 107 cm³/mol. The van der Waals surface area contributed by atoms with Crippen LogP contribution in [0.25, 0.3) is 0 Å². The first kappa shape index (κ1) is 23.2. The lowest BCUT2D eigenvalue weighted by Crippen LogP contribution is -2.28. The number of nitrogens with zero attached hydrogens (tertiary/aromatic N) is 1. The first-order valence-corrected chi connectivity index (χ1v) is 9.82. The molecule has 1 aromatic rings. The third-order valence-corrected chi connectivity index (χ3v) is 5.29. The average molecular weight is 418 g/mol. The molecule has 1 aliphatic rings. The third-order valence-electron chi connectivity index (χ3n) is 5.29. The summed E-state index contributed by atoms with van der Waals surface area (Å²) >= 11 is 0. The summed E-state index contributed by atoms with van der Waals surface area (Å²) in [6, 6.07) is 6.19. The number of amides is 1. The molecule has 9 heteroatoms. The lowest BCUT2D eigenvalue weighted by atomic mass is 9.88. The largest absolute Gasteiger partial charge is 0.457 e. The number of nitro groups is 1. The van der Waals surface area contributed by atoms with Gasteiger partial charge in [0.2, 0.25) is 12.5 Å². The van der Waals surface area contributed by atoms with Gasteiger partial charge in [-0.15, -0.1) is 0 Å². The maximum Gasteiger partial charge on any atom is 0.306 e. The molecule has 0 aromatic heterocycles. The van der Waals surface area contributed by atoms with Gasteiger partial charge in [0.25, 0.3) is 0 Å². The Hall–Kier alpha value is -3.10. The Bertz CT molecular complexity index is 832. The molecule has 1 aromatic carbocycles. The van der Waals surface area contributed by atoms with Crippen LogP contribution in [0.1, 0.15) is 44.0 Å². The van der Waals surface area contributed by atoms with E-state index in [9.17, 15) is 29.3 Å². The van der Waals surface area contributed by atoms with Crippen LogP contribution in [0.15, 0.2) is 24.3 Å². The van der Waals surface area contributed by atoms with Crippen LogP contribution in [0.5, 0.6) is 0 Å². The zero-order valence-electron chi connectivity index (χ0n) is 17.3. The number of anilines is 1. The fraction of sp³-hybridized carbons (Fsp3) is 0.524. The summed E-state index contributed by atoms with van der Waals surface area (Å²) in [6.07, 6.45) is -0.0653. The molecule has 1 aliphatic carbocycles. The van der Waals surface area contributed by atoms with Gasteiger partial charge < -0.3 is 10.1 Å². The van der Waals surface area contributed by atoms with Gasteiger partial charge in [-0.3, -0.25) is 29.3 Å². The molecular weight excluding hydrogens is 392 g/mol. The second-order valence-electron chi connectivity index (χ2n) is 7.94. The summed E-state index contributed by atoms with van der Waals surface area (Å²) in [5.74, 6) is -3.10. The second-order valence-corrected chi connectivity index (χ2v) is 7.94. The van der Waals surface area contributed by atoms with Crippen LogP contribution in [0.2, 0.25) is 0 Å². The van der Waals surface area contributed by atoms with E-state index in [1.807, 2.05) is 0 Å². The van der Waals surface area contributed by atoms with Gasteiger partial charge in [0.15, 0.2) is 12.4 Å². The minimum absolute atomic E-state index is 0.144. The number of benzene rings is 1. The van der Waals surface area contributed by atoms with Gasteiger partial charge in [-0.05, 0) is 30.2 Å². The molecule has 1 fully saturated rings. The molecule has 2 rings (SSSR count). The van der Waals surface area contributed by atoms with Crippen LogP contribution in [-0.2, 0) is 19.1 Å². The van der Waals surface area contributed by atoms with Crippen molar-refractivity contribution < 1.29 is 28.8 Å². The maximum atomic E-state index is 12.2. The molecule has 0 saturated heterocycles. The van der Waals surface area contributed by atoms with Gasteiger partial charge in [0.05, 0.1) is 6.42 Å². The number of ketones is 2. The van der Waals surface area contributed by atoms with E-state index in [-0.39, 0.29) is 42.9 Å². The van der Waals surface area contributed by atoms with Gasteiger partial charge in [0, 0.05) is 40.3 Å². The van der Waals surface area contributed by atoms with E-state index in [0.717, 1.165) is 0 Å². The zero-order valence-corrected chi connectivity index (χ0v) is 17.3. The number of Topliss-reactive ketones (excluding diaryl/α,β-unsaturated/α-hetero) is 2. The van der Waals surface area contributed by atoms with Crippen molar-refractivity contribution in [3.8, 4) is 0 Å². The van der Waals surface area contributed by atoms with E-state index >= 15 is 0 Å². The van der Waals surface area contributed by atoms with E-state index in [0.29, 0.717) is 11.3 Å². The summed E-state index contributed by atoms with van der Waals surface area (Å²) in [5, 5.41) is 13.5. The number of rotatable bonds is 9. The number of esters is 1. The zero-order chi connectivity index (χ0) is 22.4. The normalized spacial score (nSPS) is 20.8. The lowest BCUT2D eigenvalue weighted by Gasteiger charge is -2.17. The number of hydrogen-bond acceptors (Lipinski definition) is 7. The molecule has 162 valence electrons. The topological polar surface area (TPSA) is 133 Å². The minimum atomic E-state index is -0.753. The number of nitrogens with one attached hydrogen (secondary N) is 1. The number of ether oxygens (including phenoxy) is 1. The van der Waals surface area contributed by atoms with Gasteiger partial charge in [-0.2, -0.15) is 0 Å². The molecule has 0 heterocycles. The number of hydrogen-bond donors (Lipinski definition) is 1. The molecular formula is C21H26N2O7. The Morgan fingerprint density at radius 1 is 1.23 bits per heavy atom. The molecule has 1 N–H and O–H groups in total. The van der Waals surface area contributed by atoms with Crippen LogP contribution in [0.3, 0.4) is 0 Å². The van der Waals surface area contributed by atoms with E-state index in [1.54, 1.807) is 32.9 Å². The average Bonchev–Trinajstić information content (AvgIpc) is 2.93. The van der Waals surface area contributed by atoms with Crippen LogP contribution in [0, 0.1) is 33.8 Å². The van der Waals surface area contributed by atoms with Crippen molar-refractivity contribution in [3.63, 3.8) is 0 Å². The van der Waals surface area contributed by atoms with Crippen molar-refractivity contribution in [2.24, 2.45) is 23.7 Å². The van der Waals surface area contributed by atoms with Crippen molar-refractivity contribution in [2.75, 3.05) is 18.5 Å². The summed E-state index contributed by atoms with van der Waals surface area (Å²) < 4.78 is 5.00. The van der Waals surface area contributed by atoms with Crippen LogP contribution >= 0.6 is 0 Å². The van der Waals surface area contributed by atoms with Gasteiger partial charge in [-0.1, -0.05) is 20.8 Å². The van der Waals surface area contributed by atoms with Crippen LogP contribution in [-0.4, -0.2) is 41.5 Å². The Kier molecular flexibility index (Phi) is 7.79. The standard InChI is InChI=1S/C21H26N2O7/c1-12(2)21(27)22-15-6-4-14(5-7-15)19(25)11-30-20(26)9-16-17(10-23(28)29)13(3)8-18(16)24/h4-7,12-13,16-17H,8-11H2,1-3H3,(H,22,27)/t13-,16-,17+/m0/s1. The summed E-state index contributed by atoms with van der Waals surface area (Å²) in [7, 11) is 0. The van der Waals surface area contributed by atoms with Crippen molar-refractivity contribution in [1.82, 2.24) is 0 Å². The second kappa shape index (κ2) is 10.1. The Morgan fingerprint density at radius 3 is 2.43 bits per heavy atom. The van der Waals surface area contributed by atoms with E-state index in [2.05, 4.69) is 5.32 Å². The molecule has 0 unspecified atom stereocenters. The highest BCUT2D eigenvalue weighted by Crippen LogP contribution is 2.36. The SMILES string of the molecule is CC(C)C(=O)Nc1ccc(C(=O)COC(=O)C[C@@H]2C(=O)C[C@H](C)[C@H]2C[N+](=O)[O-])cc1. The molecule has 0 bridgehead atoms. The minimum Gasteiger partial charge on any atom is -0.457 e. The molecule has 9 nitrogen and oxygen atoms in total.